The van der Waals surface area contributed by atoms with Crippen LogP contribution in [0.4, 0.5) is 5.69 Å². The fraction of sp³-hybridized carbons (Fsp3) is 0.538. The average molecular weight is 300 g/mol. The van der Waals surface area contributed by atoms with E-state index in [0.717, 1.165) is 30.6 Å². The van der Waals surface area contributed by atoms with Crippen molar-refractivity contribution in [2.24, 2.45) is 0 Å². The molecule has 0 radical (unpaired) electrons. The second kappa shape index (κ2) is 6.15. The number of rotatable bonds is 5. The highest BCUT2D eigenvalue weighted by Gasteiger charge is 2.17. The SMILES string of the molecule is CSC(C)CNS(=O)(=O)c1ccc2c(c1)CCCN2. The van der Waals surface area contributed by atoms with E-state index in [1.807, 2.05) is 19.2 Å². The van der Waals surface area contributed by atoms with Gasteiger partial charge in [0, 0.05) is 24.0 Å². The lowest BCUT2D eigenvalue weighted by atomic mass is 10.0. The highest BCUT2D eigenvalue weighted by atomic mass is 32.2. The maximum Gasteiger partial charge on any atom is 0.240 e. The number of benzene rings is 1. The Morgan fingerprint density at radius 3 is 3.00 bits per heavy atom. The van der Waals surface area contributed by atoms with Crippen LogP contribution in [0.5, 0.6) is 0 Å². The van der Waals surface area contributed by atoms with Crippen molar-refractivity contribution in [3.05, 3.63) is 23.8 Å². The smallest absolute Gasteiger partial charge is 0.240 e. The minimum atomic E-state index is -3.39. The minimum Gasteiger partial charge on any atom is -0.385 e. The Labute approximate surface area is 119 Å². The first-order valence-electron chi connectivity index (χ1n) is 6.42. The Balaban J connectivity index is 2.16. The summed E-state index contributed by atoms with van der Waals surface area (Å²) in [4.78, 5) is 0.364. The van der Waals surface area contributed by atoms with Gasteiger partial charge in [-0.2, -0.15) is 11.8 Å². The molecule has 1 aliphatic rings. The summed E-state index contributed by atoms with van der Waals surface area (Å²) in [7, 11) is -3.39. The van der Waals surface area contributed by atoms with Crippen LogP contribution in [-0.4, -0.2) is 33.0 Å². The van der Waals surface area contributed by atoms with Crippen molar-refractivity contribution < 1.29 is 8.42 Å². The minimum absolute atomic E-state index is 0.272. The Morgan fingerprint density at radius 2 is 2.26 bits per heavy atom. The molecule has 0 saturated carbocycles. The van der Waals surface area contributed by atoms with E-state index in [9.17, 15) is 8.42 Å². The Morgan fingerprint density at radius 1 is 1.47 bits per heavy atom. The van der Waals surface area contributed by atoms with Gasteiger partial charge in [-0.3, -0.25) is 0 Å². The Kier molecular flexibility index (Phi) is 4.76. The molecular formula is C13H20N2O2S2. The van der Waals surface area contributed by atoms with Crippen LogP contribution in [0.3, 0.4) is 0 Å². The molecule has 106 valence electrons. The molecule has 0 bridgehead atoms. The second-order valence-corrected chi connectivity index (χ2v) is 7.79. The maximum absolute atomic E-state index is 12.2. The van der Waals surface area contributed by atoms with Gasteiger partial charge in [-0.15, -0.1) is 0 Å². The first kappa shape index (κ1) is 14.7. The quantitative estimate of drug-likeness (QED) is 0.874. The topological polar surface area (TPSA) is 58.2 Å². The Bertz CT molecular complexity index is 544. The zero-order valence-electron chi connectivity index (χ0n) is 11.3. The predicted molar refractivity (Wildman–Crippen MR) is 81.4 cm³/mol. The van der Waals surface area contributed by atoms with Crippen molar-refractivity contribution in [3.63, 3.8) is 0 Å². The summed E-state index contributed by atoms with van der Waals surface area (Å²) in [5.74, 6) is 0. The maximum atomic E-state index is 12.2. The molecule has 0 amide bonds. The molecule has 1 heterocycles. The van der Waals surface area contributed by atoms with Crippen LogP contribution in [0.15, 0.2) is 23.1 Å². The summed E-state index contributed by atoms with van der Waals surface area (Å²) < 4.78 is 27.1. The predicted octanol–water partition coefficient (Wildman–Crippen LogP) is 2.07. The molecule has 2 N–H and O–H groups in total. The van der Waals surface area contributed by atoms with Crippen molar-refractivity contribution in [2.45, 2.75) is 29.9 Å². The summed E-state index contributed by atoms with van der Waals surface area (Å²) in [5, 5.41) is 3.55. The summed E-state index contributed by atoms with van der Waals surface area (Å²) in [6.07, 6.45) is 3.96. The van der Waals surface area contributed by atoms with E-state index in [1.54, 1.807) is 23.9 Å². The third kappa shape index (κ3) is 3.64. The van der Waals surface area contributed by atoms with Crippen LogP contribution in [-0.2, 0) is 16.4 Å². The largest absolute Gasteiger partial charge is 0.385 e. The molecule has 0 aromatic heterocycles. The number of sulfonamides is 1. The van der Waals surface area contributed by atoms with E-state index < -0.39 is 10.0 Å². The van der Waals surface area contributed by atoms with E-state index in [-0.39, 0.29) is 5.25 Å². The molecule has 0 saturated heterocycles. The van der Waals surface area contributed by atoms with Gasteiger partial charge in [-0.1, -0.05) is 6.92 Å². The zero-order chi connectivity index (χ0) is 13.9. The molecule has 0 fully saturated rings. The van der Waals surface area contributed by atoms with Crippen LogP contribution in [0.25, 0.3) is 0 Å². The normalized spacial score (nSPS) is 16.5. The highest BCUT2D eigenvalue weighted by Crippen LogP contribution is 2.24. The lowest BCUT2D eigenvalue weighted by molar-refractivity contribution is 0.581. The third-order valence-electron chi connectivity index (χ3n) is 3.29. The van der Waals surface area contributed by atoms with E-state index in [1.165, 1.54) is 0 Å². The lowest BCUT2D eigenvalue weighted by Gasteiger charge is -2.19. The number of aryl methyl sites for hydroxylation is 1. The summed E-state index contributed by atoms with van der Waals surface area (Å²) in [6, 6.07) is 5.32. The fourth-order valence-corrected chi connectivity index (χ4v) is 3.55. The third-order valence-corrected chi connectivity index (χ3v) is 5.68. The number of nitrogens with one attached hydrogen (secondary N) is 2. The van der Waals surface area contributed by atoms with Gasteiger partial charge in [-0.25, -0.2) is 13.1 Å². The summed E-state index contributed by atoms with van der Waals surface area (Å²) >= 11 is 1.65. The average Bonchev–Trinajstić information content (AvgIpc) is 2.44. The molecule has 1 atom stereocenters. The van der Waals surface area contributed by atoms with E-state index in [4.69, 9.17) is 0 Å². The van der Waals surface area contributed by atoms with E-state index in [2.05, 4.69) is 10.0 Å². The molecule has 1 aromatic carbocycles. The van der Waals surface area contributed by atoms with Gasteiger partial charge in [0.25, 0.3) is 0 Å². The van der Waals surface area contributed by atoms with E-state index >= 15 is 0 Å². The van der Waals surface area contributed by atoms with Crippen LogP contribution in [0.1, 0.15) is 18.9 Å². The second-order valence-electron chi connectivity index (χ2n) is 4.75. The first-order chi connectivity index (χ1) is 9.03. The van der Waals surface area contributed by atoms with Gasteiger partial charge >= 0.3 is 0 Å². The number of fused-ring (bicyclic) bond motifs is 1. The molecule has 1 aliphatic heterocycles. The molecule has 6 heteroatoms. The molecule has 1 aromatic rings. The Hall–Kier alpha value is -0.720. The zero-order valence-corrected chi connectivity index (χ0v) is 12.9. The molecular weight excluding hydrogens is 280 g/mol. The summed E-state index contributed by atoms with van der Waals surface area (Å²) in [6.45, 7) is 3.42. The molecule has 0 spiro atoms. The lowest BCUT2D eigenvalue weighted by Crippen LogP contribution is -2.29. The van der Waals surface area contributed by atoms with Crippen LogP contribution >= 0.6 is 11.8 Å². The van der Waals surface area contributed by atoms with Gasteiger partial charge in [-0.05, 0) is 42.9 Å². The van der Waals surface area contributed by atoms with Gasteiger partial charge in [0.05, 0.1) is 4.90 Å². The van der Waals surface area contributed by atoms with Gasteiger partial charge in [0.2, 0.25) is 10.0 Å². The molecule has 2 rings (SSSR count). The monoisotopic (exact) mass is 300 g/mol. The van der Waals surface area contributed by atoms with Crippen LogP contribution < -0.4 is 10.0 Å². The van der Waals surface area contributed by atoms with Crippen molar-refractivity contribution in [1.29, 1.82) is 0 Å². The van der Waals surface area contributed by atoms with Crippen molar-refractivity contribution >= 4 is 27.5 Å². The van der Waals surface area contributed by atoms with Crippen molar-refractivity contribution in [1.82, 2.24) is 4.72 Å². The molecule has 19 heavy (non-hydrogen) atoms. The molecule has 1 unspecified atom stereocenters. The molecule has 4 nitrogen and oxygen atoms in total. The number of hydrogen-bond donors (Lipinski definition) is 2. The fourth-order valence-electron chi connectivity index (χ4n) is 2.01. The first-order valence-corrected chi connectivity index (χ1v) is 9.19. The van der Waals surface area contributed by atoms with Crippen molar-refractivity contribution in [2.75, 3.05) is 24.7 Å². The van der Waals surface area contributed by atoms with E-state index in [0.29, 0.717) is 11.4 Å². The number of hydrogen-bond acceptors (Lipinski definition) is 4. The molecule has 0 aliphatic carbocycles. The number of thioether (sulfide) groups is 1. The highest BCUT2D eigenvalue weighted by molar-refractivity contribution is 7.99. The van der Waals surface area contributed by atoms with Gasteiger partial charge in [0.15, 0.2) is 0 Å². The summed E-state index contributed by atoms with van der Waals surface area (Å²) in [5.41, 5.74) is 2.15. The van der Waals surface area contributed by atoms with Gasteiger partial charge in [0.1, 0.15) is 0 Å². The number of anilines is 1. The van der Waals surface area contributed by atoms with Crippen LogP contribution in [0.2, 0.25) is 0 Å². The van der Waals surface area contributed by atoms with Crippen molar-refractivity contribution in [3.8, 4) is 0 Å². The standard InChI is InChI=1S/C13H20N2O2S2/c1-10(18-2)9-15-19(16,17)12-5-6-13-11(8-12)4-3-7-14-13/h5-6,8,10,14-15H,3-4,7,9H2,1-2H3. The van der Waals surface area contributed by atoms with Gasteiger partial charge < -0.3 is 5.32 Å². The van der Waals surface area contributed by atoms with Crippen LogP contribution in [0, 0.1) is 0 Å².